The van der Waals surface area contributed by atoms with Gasteiger partial charge < -0.3 is 10.5 Å². The summed E-state index contributed by atoms with van der Waals surface area (Å²) >= 11 is 0. The summed E-state index contributed by atoms with van der Waals surface area (Å²) in [5.74, 6) is -1.06. The SMILES string of the molecule is N=c1cccccc1C(=O)O. The summed E-state index contributed by atoms with van der Waals surface area (Å²) in [5, 5.41) is 15.8. The van der Waals surface area contributed by atoms with Crippen LogP contribution in [0, 0.1) is 5.41 Å². The lowest BCUT2D eigenvalue weighted by Crippen LogP contribution is -2.10. The Labute approximate surface area is 63.4 Å². The number of carbonyl (C=O) groups is 1. The van der Waals surface area contributed by atoms with Gasteiger partial charge in [0.25, 0.3) is 0 Å². The van der Waals surface area contributed by atoms with E-state index in [-0.39, 0.29) is 10.9 Å². The van der Waals surface area contributed by atoms with Gasteiger partial charge >= 0.3 is 5.97 Å². The first-order valence-electron chi connectivity index (χ1n) is 3.09. The summed E-state index contributed by atoms with van der Waals surface area (Å²) in [6.07, 6.45) is 0. The monoisotopic (exact) mass is 149 g/mol. The van der Waals surface area contributed by atoms with Crippen LogP contribution in [-0.2, 0) is 0 Å². The molecule has 2 N–H and O–H groups in total. The van der Waals surface area contributed by atoms with Crippen molar-refractivity contribution in [1.29, 1.82) is 5.41 Å². The van der Waals surface area contributed by atoms with Crippen molar-refractivity contribution in [2.45, 2.75) is 0 Å². The molecule has 0 saturated heterocycles. The Balaban J connectivity index is 3.41. The number of aromatic carboxylic acids is 1. The number of hydrogen-bond donors (Lipinski definition) is 2. The lowest BCUT2D eigenvalue weighted by Gasteiger charge is -1.85. The third-order valence-corrected chi connectivity index (χ3v) is 1.27. The van der Waals surface area contributed by atoms with Crippen LogP contribution in [0.25, 0.3) is 0 Å². The van der Waals surface area contributed by atoms with E-state index in [1.165, 1.54) is 12.1 Å². The van der Waals surface area contributed by atoms with Gasteiger partial charge in [0.15, 0.2) is 0 Å². The van der Waals surface area contributed by atoms with Crippen LogP contribution in [0.2, 0.25) is 0 Å². The van der Waals surface area contributed by atoms with Crippen LogP contribution in [-0.4, -0.2) is 11.1 Å². The molecule has 3 heteroatoms. The van der Waals surface area contributed by atoms with E-state index in [0.29, 0.717) is 0 Å². The van der Waals surface area contributed by atoms with Gasteiger partial charge in [-0.3, -0.25) is 0 Å². The predicted octanol–water partition coefficient (Wildman–Crippen LogP) is 0.864. The molecular weight excluding hydrogens is 142 g/mol. The van der Waals surface area contributed by atoms with Crippen molar-refractivity contribution < 1.29 is 9.90 Å². The van der Waals surface area contributed by atoms with Crippen LogP contribution < -0.4 is 5.36 Å². The van der Waals surface area contributed by atoms with E-state index < -0.39 is 5.97 Å². The summed E-state index contributed by atoms with van der Waals surface area (Å²) in [4.78, 5) is 10.4. The molecule has 0 saturated carbocycles. The minimum absolute atomic E-state index is 0.0231. The van der Waals surface area contributed by atoms with Crippen LogP contribution in [0.3, 0.4) is 0 Å². The average molecular weight is 149 g/mol. The van der Waals surface area contributed by atoms with Crippen molar-refractivity contribution in [3.63, 3.8) is 0 Å². The minimum Gasteiger partial charge on any atom is -0.478 e. The Morgan fingerprint density at radius 2 is 1.91 bits per heavy atom. The highest BCUT2D eigenvalue weighted by atomic mass is 16.4. The Bertz CT molecular complexity index is 333. The van der Waals surface area contributed by atoms with Gasteiger partial charge in [-0.05, 0) is 12.1 Å². The largest absolute Gasteiger partial charge is 0.478 e. The Kier molecular flexibility index (Phi) is 2.01. The van der Waals surface area contributed by atoms with Crippen LogP contribution >= 0.6 is 0 Å². The minimum atomic E-state index is -1.06. The second kappa shape index (κ2) is 2.96. The summed E-state index contributed by atoms with van der Waals surface area (Å²) in [7, 11) is 0. The van der Waals surface area contributed by atoms with Gasteiger partial charge in [0.05, 0.1) is 10.9 Å². The number of carboxylic acid groups (broad SMARTS) is 1. The maximum Gasteiger partial charge on any atom is 0.337 e. The standard InChI is InChI=1S/C8H7NO2/c9-7-5-3-1-2-4-6(7)8(10)11/h1-5,9H,(H,10,11). The molecule has 0 aromatic heterocycles. The van der Waals surface area contributed by atoms with Gasteiger partial charge in [0, 0.05) is 0 Å². The zero-order valence-corrected chi connectivity index (χ0v) is 5.74. The molecule has 0 aliphatic carbocycles. The zero-order valence-electron chi connectivity index (χ0n) is 5.74. The first-order chi connectivity index (χ1) is 5.22. The van der Waals surface area contributed by atoms with Gasteiger partial charge in [0.1, 0.15) is 0 Å². The quantitative estimate of drug-likeness (QED) is 0.622. The van der Waals surface area contributed by atoms with Gasteiger partial charge in [-0.1, -0.05) is 18.2 Å². The fourth-order valence-electron chi connectivity index (χ4n) is 0.734. The van der Waals surface area contributed by atoms with Crippen LogP contribution in [0.1, 0.15) is 10.4 Å². The molecule has 0 spiro atoms. The second-order valence-electron chi connectivity index (χ2n) is 2.04. The third kappa shape index (κ3) is 1.64. The molecule has 0 heterocycles. The molecule has 3 nitrogen and oxygen atoms in total. The summed E-state index contributed by atoms with van der Waals surface area (Å²) < 4.78 is 0. The van der Waals surface area contributed by atoms with E-state index in [2.05, 4.69) is 0 Å². The van der Waals surface area contributed by atoms with E-state index in [0.717, 1.165) is 0 Å². The molecule has 0 atom stereocenters. The second-order valence-corrected chi connectivity index (χ2v) is 2.04. The van der Waals surface area contributed by atoms with Crippen molar-refractivity contribution in [3.8, 4) is 0 Å². The molecule has 1 rings (SSSR count). The first kappa shape index (κ1) is 7.47. The fraction of sp³-hybridized carbons (Fsp3) is 0. The highest BCUT2D eigenvalue weighted by Crippen LogP contribution is 1.88. The fourth-order valence-corrected chi connectivity index (χ4v) is 0.734. The first-order valence-corrected chi connectivity index (χ1v) is 3.09. The van der Waals surface area contributed by atoms with Crippen LogP contribution in [0.4, 0.5) is 0 Å². The molecule has 0 fully saturated rings. The lowest BCUT2D eigenvalue weighted by molar-refractivity contribution is 0.0695. The van der Waals surface area contributed by atoms with Crippen molar-refractivity contribution in [2.75, 3.05) is 0 Å². The Morgan fingerprint density at radius 3 is 2.55 bits per heavy atom. The number of carboxylic acids is 1. The summed E-state index contributed by atoms with van der Waals surface area (Å²) in [6, 6.07) is 7.77. The van der Waals surface area contributed by atoms with Gasteiger partial charge in [-0.2, -0.15) is 0 Å². The lowest BCUT2D eigenvalue weighted by atomic mass is 10.3. The Hall–Kier alpha value is -1.64. The number of hydrogen-bond acceptors (Lipinski definition) is 2. The molecule has 0 bridgehead atoms. The van der Waals surface area contributed by atoms with Gasteiger partial charge in [-0.15, -0.1) is 0 Å². The molecule has 0 aliphatic rings. The van der Waals surface area contributed by atoms with Crippen molar-refractivity contribution in [3.05, 3.63) is 41.3 Å². The summed E-state index contributed by atoms with van der Waals surface area (Å²) in [5.41, 5.74) is 0.0231. The maximum absolute atomic E-state index is 10.4. The molecular formula is C8H7NO2. The number of nitrogens with one attached hydrogen (secondary N) is 1. The van der Waals surface area contributed by atoms with Crippen LogP contribution in [0.5, 0.6) is 0 Å². The molecule has 0 aliphatic heterocycles. The van der Waals surface area contributed by atoms with Crippen molar-refractivity contribution in [2.24, 2.45) is 0 Å². The van der Waals surface area contributed by atoms with Crippen molar-refractivity contribution in [1.82, 2.24) is 0 Å². The molecule has 11 heavy (non-hydrogen) atoms. The predicted molar refractivity (Wildman–Crippen MR) is 39.3 cm³/mol. The highest BCUT2D eigenvalue weighted by molar-refractivity contribution is 5.86. The van der Waals surface area contributed by atoms with E-state index in [1.54, 1.807) is 18.2 Å². The van der Waals surface area contributed by atoms with Crippen molar-refractivity contribution >= 4 is 5.97 Å². The highest BCUT2D eigenvalue weighted by Gasteiger charge is 2.00. The van der Waals surface area contributed by atoms with E-state index in [9.17, 15) is 4.79 Å². The normalized spacial score (nSPS) is 9.09. The summed E-state index contributed by atoms with van der Waals surface area (Å²) in [6.45, 7) is 0. The topological polar surface area (TPSA) is 61.2 Å². The van der Waals surface area contributed by atoms with Gasteiger partial charge in [-0.25, -0.2) is 4.79 Å². The van der Waals surface area contributed by atoms with Gasteiger partial charge in [0.2, 0.25) is 0 Å². The van der Waals surface area contributed by atoms with Crippen LogP contribution in [0.15, 0.2) is 30.3 Å². The van der Waals surface area contributed by atoms with E-state index in [1.807, 2.05) is 0 Å². The molecule has 1 aromatic carbocycles. The Morgan fingerprint density at radius 1 is 1.27 bits per heavy atom. The molecule has 0 radical (unpaired) electrons. The molecule has 1 aromatic rings. The maximum atomic E-state index is 10.4. The molecule has 56 valence electrons. The molecule has 0 unspecified atom stereocenters. The third-order valence-electron chi connectivity index (χ3n) is 1.27. The average Bonchev–Trinajstić information content (AvgIpc) is 2.13. The van der Waals surface area contributed by atoms with E-state index >= 15 is 0 Å². The smallest absolute Gasteiger partial charge is 0.337 e. The number of rotatable bonds is 1. The van der Waals surface area contributed by atoms with E-state index in [4.69, 9.17) is 10.5 Å². The zero-order chi connectivity index (χ0) is 8.27. The molecule has 0 amide bonds.